The van der Waals surface area contributed by atoms with Crippen LogP contribution in [0.15, 0.2) is 48.5 Å². The fourth-order valence-corrected chi connectivity index (χ4v) is 2.83. The Bertz CT molecular complexity index is 602. The summed E-state index contributed by atoms with van der Waals surface area (Å²) >= 11 is 0. The molecule has 0 amide bonds. The number of carbonyl (C=O) groups excluding carboxylic acids is 1. The maximum absolute atomic E-state index is 12.2. The van der Waals surface area contributed by atoms with E-state index in [9.17, 15) is 9.90 Å². The van der Waals surface area contributed by atoms with Crippen LogP contribution in [0, 0.1) is 0 Å². The molecule has 0 saturated carbocycles. The van der Waals surface area contributed by atoms with Gasteiger partial charge in [0.05, 0.1) is 0 Å². The van der Waals surface area contributed by atoms with Crippen molar-refractivity contribution in [3.8, 4) is 5.75 Å². The molecule has 0 aromatic heterocycles. The highest BCUT2D eigenvalue weighted by atomic mass is 16.3. The van der Waals surface area contributed by atoms with Crippen molar-refractivity contribution in [2.45, 2.75) is 25.2 Å². The molecule has 3 rings (SSSR count). The molecule has 2 heteroatoms. The molecule has 1 aliphatic carbocycles. The number of aryl methyl sites for hydroxylation is 1. The molecule has 2 nitrogen and oxygen atoms in total. The minimum Gasteiger partial charge on any atom is -0.508 e. The third kappa shape index (κ3) is 2.39. The van der Waals surface area contributed by atoms with Crippen LogP contribution in [-0.4, -0.2) is 10.9 Å². The van der Waals surface area contributed by atoms with Gasteiger partial charge in [0.15, 0.2) is 0 Å². The maximum Gasteiger partial charge on any atom is 0.141 e. The summed E-state index contributed by atoms with van der Waals surface area (Å²) in [6.45, 7) is 0. The highest BCUT2D eigenvalue weighted by Crippen LogP contribution is 2.33. The molecule has 1 unspecified atom stereocenters. The zero-order valence-electron chi connectivity index (χ0n) is 10.7. The molecule has 2 aromatic carbocycles. The molecule has 2 aromatic rings. The molecule has 96 valence electrons. The van der Waals surface area contributed by atoms with Crippen molar-refractivity contribution < 1.29 is 9.90 Å². The van der Waals surface area contributed by atoms with Crippen molar-refractivity contribution in [3.63, 3.8) is 0 Å². The Morgan fingerprint density at radius 2 is 1.84 bits per heavy atom. The first kappa shape index (κ1) is 12.0. The fraction of sp³-hybridized carbons (Fsp3) is 0.235. The van der Waals surface area contributed by atoms with E-state index in [-0.39, 0.29) is 11.7 Å². The number of fused-ring (bicyclic) bond motifs is 1. The predicted octanol–water partition coefficient (Wildman–Crippen LogP) is 3.23. The van der Waals surface area contributed by atoms with Crippen molar-refractivity contribution in [2.75, 3.05) is 0 Å². The summed E-state index contributed by atoms with van der Waals surface area (Å²) in [4.78, 5) is 12.2. The lowest BCUT2D eigenvalue weighted by atomic mass is 9.78. The second-order valence-corrected chi connectivity index (χ2v) is 5.09. The van der Waals surface area contributed by atoms with Gasteiger partial charge in [-0.05, 0) is 41.7 Å². The minimum atomic E-state index is -0.0632. The van der Waals surface area contributed by atoms with Gasteiger partial charge in [0.2, 0.25) is 0 Å². The molecule has 0 radical (unpaired) electrons. The Morgan fingerprint density at radius 1 is 1.05 bits per heavy atom. The average molecular weight is 252 g/mol. The average Bonchev–Trinajstić information content (AvgIpc) is 2.43. The van der Waals surface area contributed by atoms with Gasteiger partial charge in [-0.1, -0.05) is 36.4 Å². The minimum absolute atomic E-state index is 0.0632. The summed E-state index contributed by atoms with van der Waals surface area (Å²) in [7, 11) is 0. The fourth-order valence-electron chi connectivity index (χ4n) is 2.83. The monoisotopic (exact) mass is 252 g/mol. The molecule has 1 atom stereocenters. The standard InChI is InChI=1S/C17H16O2/c18-14-7-8-15-13(11-14)6-9-17(19)16(15)10-12-4-2-1-3-5-12/h1-5,7-8,11,16,18H,6,9-10H2. The topological polar surface area (TPSA) is 37.3 Å². The number of carbonyl (C=O) groups is 1. The summed E-state index contributed by atoms with van der Waals surface area (Å²) in [5, 5.41) is 9.55. The SMILES string of the molecule is O=C1CCc2cc(O)ccc2C1Cc1ccccc1. The Labute approximate surface area is 112 Å². The molecular weight excluding hydrogens is 236 g/mol. The summed E-state index contributed by atoms with van der Waals surface area (Å²) in [6, 6.07) is 15.5. The molecule has 1 N–H and O–H groups in total. The van der Waals surface area contributed by atoms with E-state index in [1.54, 1.807) is 12.1 Å². The van der Waals surface area contributed by atoms with Gasteiger partial charge in [0.25, 0.3) is 0 Å². The van der Waals surface area contributed by atoms with Gasteiger partial charge >= 0.3 is 0 Å². The molecule has 19 heavy (non-hydrogen) atoms. The first-order valence-corrected chi connectivity index (χ1v) is 6.62. The summed E-state index contributed by atoms with van der Waals surface area (Å²) in [6.07, 6.45) is 2.07. The number of rotatable bonds is 2. The molecule has 0 aliphatic heterocycles. The van der Waals surface area contributed by atoms with Crippen LogP contribution in [0.25, 0.3) is 0 Å². The van der Waals surface area contributed by atoms with Gasteiger partial charge < -0.3 is 5.11 Å². The van der Waals surface area contributed by atoms with Gasteiger partial charge in [-0.15, -0.1) is 0 Å². The number of phenols is 1. The lowest BCUT2D eigenvalue weighted by Crippen LogP contribution is -2.22. The van der Waals surface area contributed by atoms with E-state index < -0.39 is 0 Å². The van der Waals surface area contributed by atoms with Crippen LogP contribution in [0.1, 0.15) is 29.0 Å². The van der Waals surface area contributed by atoms with Gasteiger partial charge in [0.1, 0.15) is 11.5 Å². The van der Waals surface area contributed by atoms with Crippen LogP contribution in [0.4, 0.5) is 0 Å². The second kappa shape index (κ2) is 4.88. The van der Waals surface area contributed by atoms with Crippen LogP contribution in [0.3, 0.4) is 0 Å². The molecule has 0 fully saturated rings. The number of hydrogen-bond acceptors (Lipinski definition) is 2. The van der Waals surface area contributed by atoms with Crippen LogP contribution >= 0.6 is 0 Å². The number of benzene rings is 2. The third-order valence-corrected chi connectivity index (χ3v) is 3.81. The number of phenolic OH excluding ortho intramolecular Hbond substituents is 1. The first-order chi connectivity index (χ1) is 9.24. The van der Waals surface area contributed by atoms with Crippen molar-refractivity contribution in [3.05, 3.63) is 65.2 Å². The van der Waals surface area contributed by atoms with Crippen LogP contribution < -0.4 is 0 Å². The zero-order chi connectivity index (χ0) is 13.2. The summed E-state index contributed by atoms with van der Waals surface area (Å²) in [5.74, 6) is 0.528. The number of Topliss-reactive ketones (excluding diaryl/α,β-unsaturated/α-hetero) is 1. The Kier molecular flexibility index (Phi) is 3.08. The molecule has 0 heterocycles. The number of ketones is 1. The van der Waals surface area contributed by atoms with Crippen molar-refractivity contribution in [1.29, 1.82) is 0 Å². The Hall–Kier alpha value is -2.09. The largest absolute Gasteiger partial charge is 0.508 e. The van der Waals surface area contributed by atoms with E-state index in [0.717, 1.165) is 24.0 Å². The molecule has 0 spiro atoms. The van der Waals surface area contributed by atoms with E-state index in [4.69, 9.17) is 0 Å². The summed E-state index contributed by atoms with van der Waals surface area (Å²) in [5.41, 5.74) is 3.38. The zero-order valence-corrected chi connectivity index (χ0v) is 10.7. The van der Waals surface area contributed by atoms with E-state index in [2.05, 4.69) is 12.1 Å². The lowest BCUT2D eigenvalue weighted by Gasteiger charge is -2.24. The summed E-state index contributed by atoms with van der Waals surface area (Å²) < 4.78 is 0. The van der Waals surface area contributed by atoms with Crippen LogP contribution in [0.2, 0.25) is 0 Å². The number of aromatic hydroxyl groups is 1. The molecule has 0 bridgehead atoms. The van der Waals surface area contributed by atoms with E-state index in [1.165, 1.54) is 5.56 Å². The molecular formula is C17H16O2. The van der Waals surface area contributed by atoms with Gasteiger partial charge in [-0.2, -0.15) is 0 Å². The van der Waals surface area contributed by atoms with Crippen molar-refractivity contribution in [1.82, 2.24) is 0 Å². The van der Waals surface area contributed by atoms with Crippen molar-refractivity contribution in [2.24, 2.45) is 0 Å². The highest BCUT2D eigenvalue weighted by Gasteiger charge is 2.27. The van der Waals surface area contributed by atoms with Gasteiger partial charge in [0, 0.05) is 12.3 Å². The maximum atomic E-state index is 12.2. The quantitative estimate of drug-likeness (QED) is 0.891. The van der Waals surface area contributed by atoms with Gasteiger partial charge in [-0.3, -0.25) is 4.79 Å². The number of hydrogen-bond donors (Lipinski definition) is 1. The normalized spacial score (nSPS) is 18.1. The smallest absolute Gasteiger partial charge is 0.141 e. The third-order valence-electron chi connectivity index (χ3n) is 3.81. The van der Waals surface area contributed by atoms with Crippen molar-refractivity contribution >= 4 is 5.78 Å². The van der Waals surface area contributed by atoms with Crippen LogP contribution in [0.5, 0.6) is 5.75 Å². The Morgan fingerprint density at radius 3 is 2.63 bits per heavy atom. The Balaban J connectivity index is 1.95. The molecule has 1 aliphatic rings. The van der Waals surface area contributed by atoms with E-state index >= 15 is 0 Å². The highest BCUT2D eigenvalue weighted by molar-refractivity contribution is 5.88. The van der Waals surface area contributed by atoms with Crippen LogP contribution in [-0.2, 0) is 17.6 Å². The predicted molar refractivity (Wildman–Crippen MR) is 74.3 cm³/mol. The van der Waals surface area contributed by atoms with E-state index in [0.29, 0.717) is 12.2 Å². The molecule has 0 saturated heterocycles. The first-order valence-electron chi connectivity index (χ1n) is 6.62. The lowest BCUT2D eigenvalue weighted by molar-refractivity contribution is -0.120. The second-order valence-electron chi connectivity index (χ2n) is 5.09. The van der Waals surface area contributed by atoms with E-state index in [1.807, 2.05) is 24.3 Å². The van der Waals surface area contributed by atoms with Gasteiger partial charge in [-0.25, -0.2) is 0 Å².